The standard InChI is InChI=1S/C15H18Cl2O2/c1-8-9(2)19-10(3)14(8)13(18)7-11-5-4-6-12(16)15(11)17/h4-6,8-10,14H,7H2,1-3H3. The second-order valence-electron chi connectivity index (χ2n) is 5.29. The van der Waals surface area contributed by atoms with Crippen LogP contribution in [0.5, 0.6) is 0 Å². The van der Waals surface area contributed by atoms with E-state index in [1.807, 2.05) is 26.0 Å². The fourth-order valence-corrected chi connectivity index (χ4v) is 3.20. The predicted octanol–water partition coefficient (Wildman–Crippen LogP) is 4.16. The van der Waals surface area contributed by atoms with Crippen LogP contribution in [0.3, 0.4) is 0 Å². The Labute approximate surface area is 124 Å². The van der Waals surface area contributed by atoms with E-state index in [9.17, 15) is 4.79 Å². The van der Waals surface area contributed by atoms with Gasteiger partial charge in [0.25, 0.3) is 0 Å². The van der Waals surface area contributed by atoms with Crippen LogP contribution in [0.2, 0.25) is 10.0 Å². The minimum atomic E-state index is -0.0648. The Morgan fingerprint density at radius 2 is 1.89 bits per heavy atom. The molecule has 1 aliphatic heterocycles. The topological polar surface area (TPSA) is 26.3 Å². The third-order valence-corrected chi connectivity index (χ3v) is 4.87. The van der Waals surface area contributed by atoms with Gasteiger partial charge in [0.05, 0.1) is 22.3 Å². The summed E-state index contributed by atoms with van der Waals surface area (Å²) in [5, 5.41) is 0.967. The van der Waals surface area contributed by atoms with Crippen LogP contribution in [-0.4, -0.2) is 18.0 Å². The van der Waals surface area contributed by atoms with E-state index < -0.39 is 0 Å². The van der Waals surface area contributed by atoms with E-state index in [-0.39, 0.29) is 29.8 Å². The monoisotopic (exact) mass is 300 g/mol. The summed E-state index contributed by atoms with van der Waals surface area (Å²) < 4.78 is 5.72. The molecule has 19 heavy (non-hydrogen) atoms. The summed E-state index contributed by atoms with van der Waals surface area (Å²) in [5.41, 5.74) is 0.790. The molecule has 0 aliphatic carbocycles. The van der Waals surface area contributed by atoms with Gasteiger partial charge in [0.2, 0.25) is 0 Å². The van der Waals surface area contributed by atoms with E-state index in [1.165, 1.54) is 0 Å². The second kappa shape index (κ2) is 5.82. The number of halogens is 2. The molecule has 2 rings (SSSR count). The van der Waals surface area contributed by atoms with Crippen molar-refractivity contribution in [3.05, 3.63) is 33.8 Å². The molecule has 1 aromatic rings. The maximum absolute atomic E-state index is 12.5. The van der Waals surface area contributed by atoms with Crippen molar-refractivity contribution in [3.63, 3.8) is 0 Å². The first-order valence-electron chi connectivity index (χ1n) is 6.53. The van der Waals surface area contributed by atoms with Crippen LogP contribution in [0.4, 0.5) is 0 Å². The van der Waals surface area contributed by atoms with Gasteiger partial charge >= 0.3 is 0 Å². The number of carbonyl (C=O) groups excluding carboxylic acids is 1. The van der Waals surface area contributed by atoms with Crippen LogP contribution in [-0.2, 0) is 16.0 Å². The molecule has 0 aromatic heterocycles. The van der Waals surface area contributed by atoms with Crippen LogP contribution in [0.15, 0.2) is 18.2 Å². The molecule has 1 aromatic carbocycles. The molecule has 0 spiro atoms. The quantitative estimate of drug-likeness (QED) is 0.837. The van der Waals surface area contributed by atoms with Crippen molar-refractivity contribution in [1.82, 2.24) is 0 Å². The Morgan fingerprint density at radius 3 is 2.47 bits per heavy atom. The van der Waals surface area contributed by atoms with E-state index in [4.69, 9.17) is 27.9 Å². The highest BCUT2D eigenvalue weighted by Gasteiger charge is 2.41. The molecule has 1 fully saturated rings. The lowest BCUT2D eigenvalue weighted by atomic mass is 9.84. The summed E-state index contributed by atoms with van der Waals surface area (Å²) in [6, 6.07) is 5.39. The zero-order chi connectivity index (χ0) is 14.2. The van der Waals surface area contributed by atoms with Crippen LogP contribution < -0.4 is 0 Å². The zero-order valence-electron chi connectivity index (χ0n) is 11.3. The molecule has 1 saturated heterocycles. The molecule has 4 heteroatoms. The van der Waals surface area contributed by atoms with Crippen LogP contribution in [0, 0.1) is 11.8 Å². The summed E-state index contributed by atoms with van der Waals surface area (Å²) >= 11 is 12.1. The number of hydrogen-bond acceptors (Lipinski definition) is 2. The first kappa shape index (κ1) is 14.8. The molecule has 4 atom stereocenters. The second-order valence-corrected chi connectivity index (χ2v) is 6.07. The van der Waals surface area contributed by atoms with E-state index in [0.29, 0.717) is 16.5 Å². The van der Waals surface area contributed by atoms with Crippen molar-refractivity contribution in [2.45, 2.75) is 39.4 Å². The van der Waals surface area contributed by atoms with Crippen LogP contribution in [0.25, 0.3) is 0 Å². The molecular weight excluding hydrogens is 283 g/mol. The maximum Gasteiger partial charge on any atom is 0.143 e. The van der Waals surface area contributed by atoms with Gasteiger partial charge in [-0.1, -0.05) is 42.3 Å². The van der Waals surface area contributed by atoms with Crippen molar-refractivity contribution in [2.24, 2.45) is 11.8 Å². The fourth-order valence-electron chi connectivity index (χ4n) is 2.81. The number of carbonyl (C=O) groups is 1. The average molecular weight is 301 g/mol. The molecule has 0 N–H and O–H groups in total. The van der Waals surface area contributed by atoms with Crippen molar-refractivity contribution in [1.29, 1.82) is 0 Å². The molecule has 1 aliphatic rings. The van der Waals surface area contributed by atoms with Crippen LogP contribution >= 0.6 is 23.2 Å². The average Bonchev–Trinajstić information content (AvgIpc) is 2.59. The molecule has 104 valence electrons. The fraction of sp³-hybridized carbons (Fsp3) is 0.533. The van der Waals surface area contributed by atoms with E-state index in [1.54, 1.807) is 6.07 Å². The van der Waals surface area contributed by atoms with Gasteiger partial charge in [-0.15, -0.1) is 0 Å². The Bertz CT molecular complexity index is 487. The Hall–Kier alpha value is -0.570. The molecule has 0 saturated carbocycles. The first-order chi connectivity index (χ1) is 8.91. The Morgan fingerprint density at radius 1 is 1.21 bits per heavy atom. The van der Waals surface area contributed by atoms with E-state index >= 15 is 0 Å². The lowest BCUT2D eigenvalue weighted by molar-refractivity contribution is -0.124. The van der Waals surface area contributed by atoms with Gasteiger partial charge in [0.1, 0.15) is 5.78 Å². The predicted molar refractivity (Wildman–Crippen MR) is 77.8 cm³/mol. The zero-order valence-corrected chi connectivity index (χ0v) is 12.8. The Balaban J connectivity index is 2.15. The third-order valence-electron chi connectivity index (χ3n) is 4.01. The normalized spacial score (nSPS) is 30.6. The van der Waals surface area contributed by atoms with Crippen molar-refractivity contribution >= 4 is 29.0 Å². The third kappa shape index (κ3) is 2.96. The lowest BCUT2D eigenvalue weighted by Gasteiger charge is -2.17. The number of hydrogen-bond donors (Lipinski definition) is 0. The minimum Gasteiger partial charge on any atom is -0.375 e. The number of rotatable bonds is 3. The minimum absolute atomic E-state index is 0.0320. The molecule has 0 radical (unpaired) electrons. The van der Waals surface area contributed by atoms with Gasteiger partial charge in [-0.3, -0.25) is 4.79 Å². The van der Waals surface area contributed by atoms with Gasteiger partial charge in [-0.25, -0.2) is 0 Å². The lowest BCUT2D eigenvalue weighted by Crippen LogP contribution is -2.28. The van der Waals surface area contributed by atoms with Gasteiger partial charge < -0.3 is 4.74 Å². The largest absolute Gasteiger partial charge is 0.375 e. The van der Waals surface area contributed by atoms with Crippen molar-refractivity contribution in [3.8, 4) is 0 Å². The summed E-state index contributed by atoms with van der Waals surface area (Å²) in [7, 11) is 0. The van der Waals surface area contributed by atoms with E-state index in [2.05, 4.69) is 6.92 Å². The first-order valence-corrected chi connectivity index (χ1v) is 7.28. The van der Waals surface area contributed by atoms with Crippen molar-refractivity contribution in [2.75, 3.05) is 0 Å². The number of ether oxygens (including phenoxy) is 1. The highest BCUT2D eigenvalue weighted by molar-refractivity contribution is 6.42. The van der Waals surface area contributed by atoms with Crippen LogP contribution in [0.1, 0.15) is 26.3 Å². The van der Waals surface area contributed by atoms with E-state index in [0.717, 1.165) is 5.56 Å². The molecule has 1 heterocycles. The van der Waals surface area contributed by atoms with Crippen molar-refractivity contribution < 1.29 is 9.53 Å². The smallest absolute Gasteiger partial charge is 0.143 e. The number of benzene rings is 1. The highest BCUT2D eigenvalue weighted by atomic mass is 35.5. The highest BCUT2D eigenvalue weighted by Crippen LogP contribution is 2.34. The molecule has 0 amide bonds. The summed E-state index contributed by atoms with van der Waals surface area (Å²) in [6.45, 7) is 6.04. The Kier molecular flexibility index (Phi) is 4.54. The summed E-state index contributed by atoms with van der Waals surface area (Å²) in [5.74, 6) is 0.346. The number of ketones is 1. The van der Waals surface area contributed by atoms with Gasteiger partial charge in [0.15, 0.2) is 0 Å². The maximum atomic E-state index is 12.5. The molecule has 4 unspecified atom stereocenters. The molecular formula is C15H18Cl2O2. The SMILES string of the molecule is CC1OC(C)C(C(=O)Cc2cccc(Cl)c2Cl)C1C. The molecule has 0 bridgehead atoms. The van der Waals surface area contributed by atoms with Gasteiger partial charge in [-0.05, 0) is 31.4 Å². The number of Topliss-reactive ketones (excluding diaryl/α,β-unsaturated/α-hetero) is 1. The summed E-state index contributed by atoms with van der Waals surface area (Å²) in [6.07, 6.45) is 0.406. The summed E-state index contributed by atoms with van der Waals surface area (Å²) in [4.78, 5) is 12.5. The van der Waals surface area contributed by atoms with Gasteiger partial charge in [-0.2, -0.15) is 0 Å². The molecule has 2 nitrogen and oxygen atoms in total. The van der Waals surface area contributed by atoms with Gasteiger partial charge in [0, 0.05) is 12.3 Å².